The number of carbonyl (C=O) groups is 2. The molecule has 0 spiro atoms. The Morgan fingerprint density at radius 3 is 2.56 bits per heavy atom. The lowest BCUT2D eigenvalue weighted by molar-refractivity contribution is -0.151. The van der Waals surface area contributed by atoms with E-state index in [1.165, 1.54) is 0 Å². The van der Waals surface area contributed by atoms with Gasteiger partial charge in [0.15, 0.2) is 0 Å². The van der Waals surface area contributed by atoms with E-state index in [0.717, 1.165) is 18.6 Å². The molecule has 0 radical (unpaired) electrons. The maximum absolute atomic E-state index is 12.1. The fraction of sp³-hybridized carbons (Fsp3) is 0.818. The Kier molecular flexibility index (Phi) is 5.12. The standard InChI is InChI=1S/C11H19NO3S/c1-3-8(4-2)10(13)12-5-6-16-7-9(12)11(14)15/h8-9H,3-7H2,1-2H3,(H,14,15). The molecule has 1 amide bonds. The van der Waals surface area contributed by atoms with Crippen LogP contribution in [-0.4, -0.2) is 46.0 Å². The zero-order valence-electron chi connectivity index (χ0n) is 9.81. The van der Waals surface area contributed by atoms with Crippen LogP contribution >= 0.6 is 11.8 Å². The zero-order valence-corrected chi connectivity index (χ0v) is 10.6. The normalized spacial score (nSPS) is 21.2. The number of aliphatic carboxylic acids is 1. The van der Waals surface area contributed by atoms with Gasteiger partial charge in [0.05, 0.1) is 0 Å². The topological polar surface area (TPSA) is 57.6 Å². The van der Waals surface area contributed by atoms with Gasteiger partial charge >= 0.3 is 5.97 Å². The van der Waals surface area contributed by atoms with Gasteiger partial charge in [-0.15, -0.1) is 0 Å². The molecule has 0 aromatic carbocycles. The third-order valence-corrected chi connectivity index (χ3v) is 4.05. The van der Waals surface area contributed by atoms with Gasteiger partial charge in [-0.2, -0.15) is 11.8 Å². The first-order valence-corrected chi connectivity index (χ1v) is 6.88. The summed E-state index contributed by atoms with van der Waals surface area (Å²) < 4.78 is 0. The van der Waals surface area contributed by atoms with E-state index in [0.29, 0.717) is 12.3 Å². The average Bonchev–Trinajstić information content (AvgIpc) is 2.30. The van der Waals surface area contributed by atoms with Gasteiger partial charge < -0.3 is 10.0 Å². The van der Waals surface area contributed by atoms with Crippen LogP contribution in [0.2, 0.25) is 0 Å². The van der Waals surface area contributed by atoms with Crippen LogP contribution in [-0.2, 0) is 9.59 Å². The van der Waals surface area contributed by atoms with Gasteiger partial charge in [-0.3, -0.25) is 4.79 Å². The quantitative estimate of drug-likeness (QED) is 0.814. The molecule has 1 fully saturated rings. The van der Waals surface area contributed by atoms with E-state index in [4.69, 9.17) is 5.11 Å². The van der Waals surface area contributed by atoms with Crippen LogP contribution in [0.3, 0.4) is 0 Å². The number of thioether (sulfide) groups is 1. The van der Waals surface area contributed by atoms with Gasteiger partial charge in [0.1, 0.15) is 6.04 Å². The van der Waals surface area contributed by atoms with Crippen LogP contribution in [0, 0.1) is 5.92 Å². The number of hydrogen-bond acceptors (Lipinski definition) is 3. The Bertz CT molecular complexity index is 266. The first-order valence-electron chi connectivity index (χ1n) is 5.72. The molecule has 1 unspecified atom stereocenters. The van der Waals surface area contributed by atoms with Gasteiger partial charge in [-0.1, -0.05) is 13.8 Å². The predicted molar refractivity (Wildman–Crippen MR) is 64.5 cm³/mol. The highest BCUT2D eigenvalue weighted by atomic mass is 32.2. The van der Waals surface area contributed by atoms with Crippen molar-refractivity contribution in [2.45, 2.75) is 32.7 Å². The Balaban J connectivity index is 2.74. The molecular weight excluding hydrogens is 226 g/mol. The monoisotopic (exact) mass is 245 g/mol. The molecule has 4 nitrogen and oxygen atoms in total. The molecule has 1 aliphatic rings. The summed E-state index contributed by atoms with van der Waals surface area (Å²) in [5.74, 6) is 0.464. The molecule has 0 aromatic heterocycles. The number of amides is 1. The average molecular weight is 245 g/mol. The lowest BCUT2D eigenvalue weighted by Crippen LogP contribution is -2.52. The predicted octanol–water partition coefficient (Wildman–Crippen LogP) is 1.45. The molecule has 0 bridgehead atoms. The Morgan fingerprint density at radius 1 is 1.44 bits per heavy atom. The summed E-state index contributed by atoms with van der Waals surface area (Å²) >= 11 is 1.60. The lowest BCUT2D eigenvalue weighted by atomic mass is 10.0. The van der Waals surface area contributed by atoms with Gasteiger partial charge in [0.2, 0.25) is 5.91 Å². The molecule has 92 valence electrons. The second kappa shape index (κ2) is 6.13. The van der Waals surface area contributed by atoms with Crippen LogP contribution in [0.4, 0.5) is 0 Å². The molecule has 5 heteroatoms. The minimum absolute atomic E-state index is 0.0118. The van der Waals surface area contributed by atoms with Gasteiger partial charge in [-0.05, 0) is 12.8 Å². The van der Waals surface area contributed by atoms with Crippen LogP contribution < -0.4 is 0 Å². The number of carboxylic acids is 1. The molecule has 1 N–H and O–H groups in total. The van der Waals surface area contributed by atoms with E-state index >= 15 is 0 Å². The fourth-order valence-corrected chi connectivity index (χ4v) is 2.98. The molecule has 1 saturated heterocycles. The Morgan fingerprint density at radius 2 is 2.06 bits per heavy atom. The molecule has 0 saturated carbocycles. The van der Waals surface area contributed by atoms with Crippen LogP contribution in [0.1, 0.15) is 26.7 Å². The summed E-state index contributed by atoms with van der Waals surface area (Å²) in [7, 11) is 0. The number of carbonyl (C=O) groups excluding carboxylic acids is 1. The summed E-state index contributed by atoms with van der Waals surface area (Å²) in [6.45, 7) is 4.51. The van der Waals surface area contributed by atoms with Crippen molar-refractivity contribution in [2.75, 3.05) is 18.1 Å². The van der Waals surface area contributed by atoms with E-state index in [1.807, 2.05) is 13.8 Å². The van der Waals surface area contributed by atoms with E-state index < -0.39 is 12.0 Å². The number of nitrogens with zero attached hydrogens (tertiary/aromatic N) is 1. The van der Waals surface area contributed by atoms with Crippen LogP contribution in [0.15, 0.2) is 0 Å². The third-order valence-electron chi connectivity index (χ3n) is 3.03. The molecule has 1 heterocycles. The third kappa shape index (κ3) is 2.90. The SMILES string of the molecule is CCC(CC)C(=O)N1CCSCC1C(=O)O. The van der Waals surface area contributed by atoms with Crippen molar-refractivity contribution >= 4 is 23.6 Å². The minimum atomic E-state index is -0.883. The maximum atomic E-state index is 12.1. The van der Waals surface area contributed by atoms with Crippen LogP contribution in [0.25, 0.3) is 0 Å². The first-order chi connectivity index (χ1) is 7.61. The Hall–Kier alpha value is -0.710. The van der Waals surface area contributed by atoms with Crippen molar-refractivity contribution in [3.63, 3.8) is 0 Å². The minimum Gasteiger partial charge on any atom is -0.480 e. The van der Waals surface area contributed by atoms with Crippen molar-refractivity contribution in [3.8, 4) is 0 Å². The van der Waals surface area contributed by atoms with Crippen molar-refractivity contribution in [1.29, 1.82) is 0 Å². The van der Waals surface area contributed by atoms with Crippen molar-refractivity contribution in [3.05, 3.63) is 0 Å². The second-order valence-electron chi connectivity index (χ2n) is 3.97. The summed E-state index contributed by atoms with van der Waals surface area (Å²) in [5.41, 5.74) is 0. The van der Waals surface area contributed by atoms with Gasteiger partial charge in [-0.25, -0.2) is 4.79 Å². The fourth-order valence-electron chi connectivity index (χ4n) is 1.94. The van der Waals surface area contributed by atoms with E-state index in [1.54, 1.807) is 16.7 Å². The van der Waals surface area contributed by atoms with Crippen molar-refractivity contribution in [1.82, 2.24) is 4.90 Å². The highest BCUT2D eigenvalue weighted by Crippen LogP contribution is 2.21. The lowest BCUT2D eigenvalue weighted by Gasteiger charge is -2.34. The molecule has 1 aliphatic heterocycles. The highest BCUT2D eigenvalue weighted by Gasteiger charge is 2.34. The summed E-state index contributed by atoms with van der Waals surface area (Å²) in [5, 5.41) is 9.08. The molecule has 1 atom stereocenters. The number of rotatable bonds is 4. The maximum Gasteiger partial charge on any atom is 0.327 e. The molecule has 0 aliphatic carbocycles. The van der Waals surface area contributed by atoms with Gasteiger partial charge in [0.25, 0.3) is 0 Å². The van der Waals surface area contributed by atoms with E-state index in [9.17, 15) is 9.59 Å². The molecular formula is C11H19NO3S. The van der Waals surface area contributed by atoms with Gasteiger partial charge in [0, 0.05) is 24.0 Å². The molecule has 0 aromatic rings. The number of hydrogen-bond donors (Lipinski definition) is 1. The smallest absolute Gasteiger partial charge is 0.327 e. The molecule has 16 heavy (non-hydrogen) atoms. The van der Waals surface area contributed by atoms with E-state index in [2.05, 4.69) is 0 Å². The highest BCUT2D eigenvalue weighted by molar-refractivity contribution is 7.99. The van der Waals surface area contributed by atoms with Crippen molar-refractivity contribution in [2.24, 2.45) is 5.92 Å². The zero-order chi connectivity index (χ0) is 12.1. The first kappa shape index (κ1) is 13.4. The van der Waals surface area contributed by atoms with Crippen molar-refractivity contribution < 1.29 is 14.7 Å². The Labute approximate surface area is 100 Å². The summed E-state index contributed by atoms with van der Waals surface area (Å²) in [6, 6.07) is -0.633. The van der Waals surface area contributed by atoms with E-state index in [-0.39, 0.29) is 11.8 Å². The summed E-state index contributed by atoms with van der Waals surface area (Å²) in [4.78, 5) is 24.7. The summed E-state index contributed by atoms with van der Waals surface area (Å²) in [6.07, 6.45) is 1.57. The number of carboxylic acid groups (broad SMARTS) is 1. The van der Waals surface area contributed by atoms with Crippen LogP contribution in [0.5, 0.6) is 0 Å². The molecule has 1 rings (SSSR count). The largest absolute Gasteiger partial charge is 0.480 e. The second-order valence-corrected chi connectivity index (χ2v) is 5.12.